The minimum atomic E-state index is -0.516. The average Bonchev–Trinajstić information content (AvgIpc) is 3.15. The third-order valence-corrected chi connectivity index (χ3v) is 5.84. The lowest BCUT2D eigenvalue weighted by Crippen LogP contribution is -2.45. The molecule has 8 heteroatoms. The van der Waals surface area contributed by atoms with Gasteiger partial charge in [-0.1, -0.05) is 6.07 Å². The fourth-order valence-corrected chi connectivity index (χ4v) is 4.37. The summed E-state index contributed by atoms with van der Waals surface area (Å²) in [5, 5.41) is 2.76. The van der Waals surface area contributed by atoms with Crippen LogP contribution in [-0.4, -0.2) is 50.8 Å². The Morgan fingerprint density at radius 1 is 1.12 bits per heavy atom. The summed E-state index contributed by atoms with van der Waals surface area (Å²) in [6.07, 6.45) is 0.141. The topological polar surface area (TPSA) is 71.1 Å². The summed E-state index contributed by atoms with van der Waals surface area (Å²) < 4.78 is 25.8. The van der Waals surface area contributed by atoms with E-state index in [9.17, 15) is 14.0 Å². The molecule has 0 bridgehead atoms. The normalized spacial score (nSPS) is 23.4. The predicted octanol–water partition coefficient (Wildman–Crippen LogP) is 3.44. The molecular weight excluding hydrogens is 413 g/mol. The first-order valence-corrected chi connectivity index (χ1v) is 10.8. The molecule has 0 aliphatic carbocycles. The van der Waals surface area contributed by atoms with Gasteiger partial charge in [0.1, 0.15) is 11.6 Å². The van der Waals surface area contributed by atoms with E-state index in [2.05, 4.69) is 5.32 Å². The van der Waals surface area contributed by atoms with Crippen molar-refractivity contribution < 1.29 is 23.5 Å². The molecule has 1 N–H and O–H groups in total. The van der Waals surface area contributed by atoms with Gasteiger partial charge in [-0.15, -0.1) is 0 Å². The van der Waals surface area contributed by atoms with Gasteiger partial charge in [-0.25, -0.2) is 4.39 Å². The number of halogens is 1. The van der Waals surface area contributed by atoms with E-state index in [4.69, 9.17) is 9.47 Å². The first kappa shape index (κ1) is 22.1. The lowest BCUT2D eigenvalue weighted by molar-refractivity contribution is -0.122. The standard InChI is InChI=1S/C24H28FN3O4/c1-15-12-27(13-16(2)32-15)22-8-7-18(10-21(22)25)26-24(30)17-9-23(29)28(14-17)19-5-4-6-20(11-19)31-3/h4-8,10-11,15-17H,9,12-14H2,1-3H3,(H,26,30). The van der Waals surface area contributed by atoms with Gasteiger partial charge in [0.15, 0.2) is 0 Å². The Kier molecular flexibility index (Phi) is 6.32. The molecule has 2 aromatic carbocycles. The molecule has 2 aliphatic heterocycles. The Hall–Kier alpha value is -3.13. The second-order valence-electron chi connectivity index (χ2n) is 8.42. The lowest BCUT2D eigenvalue weighted by Gasteiger charge is -2.37. The maximum atomic E-state index is 14.8. The van der Waals surface area contributed by atoms with Crippen LogP contribution in [-0.2, 0) is 14.3 Å². The molecule has 2 aliphatic rings. The number of amides is 2. The molecule has 2 fully saturated rings. The number of carbonyl (C=O) groups excluding carboxylic acids is 2. The maximum absolute atomic E-state index is 14.8. The van der Waals surface area contributed by atoms with E-state index in [0.717, 1.165) is 0 Å². The fraction of sp³-hybridized carbons (Fsp3) is 0.417. The van der Waals surface area contributed by atoms with E-state index in [0.29, 0.717) is 35.9 Å². The number of rotatable bonds is 5. The molecule has 3 atom stereocenters. The molecule has 2 aromatic rings. The predicted molar refractivity (Wildman–Crippen MR) is 121 cm³/mol. The molecule has 2 saturated heterocycles. The van der Waals surface area contributed by atoms with E-state index in [1.54, 1.807) is 42.3 Å². The fourth-order valence-electron chi connectivity index (χ4n) is 4.37. The Labute approximate surface area is 187 Å². The van der Waals surface area contributed by atoms with Gasteiger partial charge in [0, 0.05) is 43.5 Å². The highest BCUT2D eigenvalue weighted by atomic mass is 19.1. The van der Waals surface area contributed by atoms with E-state index in [-0.39, 0.29) is 37.0 Å². The number of nitrogens with zero attached hydrogens (tertiary/aromatic N) is 2. The summed E-state index contributed by atoms with van der Waals surface area (Å²) in [5.74, 6) is -0.704. The highest BCUT2D eigenvalue weighted by molar-refractivity contribution is 6.03. The van der Waals surface area contributed by atoms with Gasteiger partial charge < -0.3 is 24.6 Å². The molecule has 0 saturated carbocycles. The van der Waals surface area contributed by atoms with Gasteiger partial charge in [-0.3, -0.25) is 9.59 Å². The van der Waals surface area contributed by atoms with Crippen LogP contribution < -0.4 is 19.9 Å². The molecule has 3 unspecified atom stereocenters. The number of carbonyl (C=O) groups is 2. The molecule has 0 radical (unpaired) electrons. The van der Waals surface area contributed by atoms with Crippen LogP contribution in [0.5, 0.6) is 5.75 Å². The molecular formula is C24H28FN3O4. The number of nitrogens with one attached hydrogen (secondary N) is 1. The Balaban J connectivity index is 1.42. The van der Waals surface area contributed by atoms with Crippen LogP contribution in [0.15, 0.2) is 42.5 Å². The van der Waals surface area contributed by atoms with Crippen molar-refractivity contribution in [2.24, 2.45) is 5.92 Å². The van der Waals surface area contributed by atoms with Gasteiger partial charge >= 0.3 is 0 Å². The minimum Gasteiger partial charge on any atom is -0.497 e. The smallest absolute Gasteiger partial charge is 0.229 e. The van der Waals surface area contributed by atoms with Crippen molar-refractivity contribution in [3.8, 4) is 5.75 Å². The Morgan fingerprint density at radius 2 is 1.88 bits per heavy atom. The Morgan fingerprint density at radius 3 is 2.56 bits per heavy atom. The van der Waals surface area contributed by atoms with Crippen LogP contribution in [0.2, 0.25) is 0 Å². The number of anilines is 3. The van der Waals surface area contributed by atoms with Crippen LogP contribution in [0.1, 0.15) is 20.3 Å². The zero-order chi connectivity index (χ0) is 22.8. The van der Waals surface area contributed by atoms with Crippen molar-refractivity contribution in [2.75, 3.05) is 41.9 Å². The summed E-state index contributed by atoms with van der Waals surface area (Å²) in [5.41, 5.74) is 1.55. The monoisotopic (exact) mass is 441 g/mol. The highest BCUT2D eigenvalue weighted by Crippen LogP contribution is 2.30. The molecule has 4 rings (SSSR count). The van der Waals surface area contributed by atoms with Crippen molar-refractivity contribution in [2.45, 2.75) is 32.5 Å². The van der Waals surface area contributed by atoms with E-state index < -0.39 is 11.7 Å². The highest BCUT2D eigenvalue weighted by Gasteiger charge is 2.35. The zero-order valence-corrected chi connectivity index (χ0v) is 18.5. The molecule has 7 nitrogen and oxygen atoms in total. The number of ether oxygens (including phenoxy) is 2. The third kappa shape index (κ3) is 4.70. The summed E-state index contributed by atoms with van der Waals surface area (Å²) in [6.45, 7) is 5.41. The van der Waals surface area contributed by atoms with Crippen molar-refractivity contribution in [1.29, 1.82) is 0 Å². The quantitative estimate of drug-likeness (QED) is 0.770. The van der Waals surface area contributed by atoms with E-state index in [1.807, 2.05) is 24.8 Å². The van der Waals surface area contributed by atoms with Crippen LogP contribution in [0, 0.1) is 11.7 Å². The average molecular weight is 442 g/mol. The summed E-state index contributed by atoms with van der Waals surface area (Å²) in [7, 11) is 1.56. The first-order valence-electron chi connectivity index (χ1n) is 10.8. The van der Waals surface area contributed by atoms with Crippen LogP contribution in [0.3, 0.4) is 0 Å². The van der Waals surface area contributed by atoms with Crippen molar-refractivity contribution >= 4 is 28.9 Å². The van der Waals surface area contributed by atoms with E-state index >= 15 is 0 Å². The van der Waals surface area contributed by atoms with Crippen LogP contribution in [0.4, 0.5) is 21.5 Å². The molecule has 170 valence electrons. The van der Waals surface area contributed by atoms with Crippen LogP contribution >= 0.6 is 0 Å². The first-order chi connectivity index (χ1) is 15.3. The molecule has 32 heavy (non-hydrogen) atoms. The maximum Gasteiger partial charge on any atom is 0.229 e. The summed E-state index contributed by atoms with van der Waals surface area (Å²) >= 11 is 0. The van der Waals surface area contributed by atoms with Crippen molar-refractivity contribution in [3.63, 3.8) is 0 Å². The molecule has 0 spiro atoms. The molecule has 2 amide bonds. The largest absolute Gasteiger partial charge is 0.497 e. The number of hydrogen-bond acceptors (Lipinski definition) is 5. The van der Waals surface area contributed by atoms with E-state index in [1.165, 1.54) is 6.07 Å². The minimum absolute atomic E-state index is 0.0185. The number of morpholine rings is 1. The molecule has 2 heterocycles. The van der Waals surface area contributed by atoms with Gasteiger partial charge in [0.2, 0.25) is 11.8 Å². The van der Waals surface area contributed by atoms with Gasteiger partial charge in [-0.2, -0.15) is 0 Å². The lowest BCUT2D eigenvalue weighted by atomic mass is 10.1. The summed E-state index contributed by atoms with van der Waals surface area (Å²) in [6, 6.07) is 11.9. The third-order valence-electron chi connectivity index (χ3n) is 5.84. The van der Waals surface area contributed by atoms with Gasteiger partial charge in [0.05, 0.1) is 30.9 Å². The number of methoxy groups -OCH3 is 1. The number of benzene rings is 2. The SMILES string of the molecule is COc1cccc(N2CC(C(=O)Nc3ccc(N4CC(C)OC(C)C4)c(F)c3)CC2=O)c1. The second kappa shape index (κ2) is 9.16. The van der Waals surface area contributed by atoms with Gasteiger partial charge in [0.25, 0.3) is 0 Å². The van der Waals surface area contributed by atoms with Crippen LogP contribution in [0.25, 0.3) is 0 Å². The van der Waals surface area contributed by atoms with Crippen molar-refractivity contribution in [1.82, 2.24) is 0 Å². The van der Waals surface area contributed by atoms with Crippen molar-refractivity contribution in [3.05, 3.63) is 48.3 Å². The Bertz CT molecular complexity index is 1000. The zero-order valence-electron chi connectivity index (χ0n) is 18.5. The second-order valence-corrected chi connectivity index (χ2v) is 8.42. The molecule has 0 aromatic heterocycles. The number of hydrogen-bond donors (Lipinski definition) is 1. The summed E-state index contributed by atoms with van der Waals surface area (Å²) in [4.78, 5) is 28.8. The van der Waals surface area contributed by atoms with Gasteiger partial charge in [-0.05, 0) is 44.2 Å².